The van der Waals surface area contributed by atoms with Crippen LogP contribution in [0.15, 0.2) is 0 Å². The minimum absolute atomic E-state index is 0.518. The highest BCUT2D eigenvalue weighted by molar-refractivity contribution is 4.93. The number of rotatable bonds is 4. The van der Waals surface area contributed by atoms with Gasteiger partial charge in [0.2, 0.25) is 0 Å². The van der Waals surface area contributed by atoms with Gasteiger partial charge in [-0.15, -0.1) is 0 Å². The third-order valence-electron chi connectivity index (χ3n) is 6.10. The molecule has 0 aromatic rings. The molecular formula is C18H34N2O. The number of hydrogen-bond donors (Lipinski definition) is 1. The fourth-order valence-corrected chi connectivity index (χ4v) is 5.05. The molecule has 0 bridgehead atoms. The van der Waals surface area contributed by atoms with Crippen molar-refractivity contribution in [1.82, 2.24) is 10.2 Å². The Hall–Kier alpha value is -0.120. The molecule has 2 saturated carbocycles. The fraction of sp³-hybridized carbons (Fsp3) is 1.00. The van der Waals surface area contributed by atoms with Crippen LogP contribution in [0.1, 0.15) is 64.2 Å². The summed E-state index contributed by atoms with van der Waals surface area (Å²) in [6, 6.07) is 0.712. The lowest BCUT2D eigenvalue weighted by molar-refractivity contribution is -0.0999. The van der Waals surface area contributed by atoms with Crippen molar-refractivity contribution in [3.63, 3.8) is 0 Å². The summed E-state index contributed by atoms with van der Waals surface area (Å²) in [7, 11) is 2.13. The van der Waals surface area contributed by atoms with Crippen molar-refractivity contribution >= 4 is 0 Å². The predicted octanol–water partition coefficient (Wildman–Crippen LogP) is 3.19. The molecule has 2 aliphatic carbocycles. The van der Waals surface area contributed by atoms with Crippen molar-refractivity contribution in [2.24, 2.45) is 5.41 Å². The second-order valence-corrected chi connectivity index (χ2v) is 7.68. The van der Waals surface area contributed by atoms with Gasteiger partial charge in [0.15, 0.2) is 0 Å². The third-order valence-corrected chi connectivity index (χ3v) is 6.10. The SMILES string of the molecule is CNCC1(CN2CCOC3CCCCC32)CCCCCC1. The van der Waals surface area contributed by atoms with Crippen LogP contribution >= 0.6 is 0 Å². The molecule has 0 aromatic heterocycles. The van der Waals surface area contributed by atoms with E-state index < -0.39 is 0 Å². The summed E-state index contributed by atoms with van der Waals surface area (Å²) in [4.78, 5) is 2.82. The molecule has 0 amide bonds. The molecule has 2 atom stereocenters. The maximum Gasteiger partial charge on any atom is 0.0730 e. The van der Waals surface area contributed by atoms with E-state index in [1.165, 1.54) is 77.3 Å². The van der Waals surface area contributed by atoms with Gasteiger partial charge in [-0.05, 0) is 38.1 Å². The van der Waals surface area contributed by atoms with Gasteiger partial charge in [0.05, 0.1) is 12.7 Å². The maximum absolute atomic E-state index is 6.06. The van der Waals surface area contributed by atoms with E-state index >= 15 is 0 Å². The van der Waals surface area contributed by atoms with Gasteiger partial charge in [-0.2, -0.15) is 0 Å². The first kappa shape index (κ1) is 15.8. The van der Waals surface area contributed by atoms with Crippen molar-refractivity contribution < 1.29 is 4.74 Å². The van der Waals surface area contributed by atoms with Gasteiger partial charge in [0, 0.05) is 25.7 Å². The number of ether oxygens (including phenoxy) is 1. The fourth-order valence-electron chi connectivity index (χ4n) is 5.05. The van der Waals surface area contributed by atoms with Crippen molar-refractivity contribution in [1.29, 1.82) is 0 Å². The Morgan fingerprint density at radius 1 is 1.05 bits per heavy atom. The molecule has 1 heterocycles. The lowest BCUT2D eigenvalue weighted by atomic mass is 9.78. The molecule has 1 N–H and O–H groups in total. The zero-order chi connectivity index (χ0) is 14.5. The van der Waals surface area contributed by atoms with E-state index in [4.69, 9.17) is 4.74 Å². The van der Waals surface area contributed by atoms with Crippen LogP contribution in [0.25, 0.3) is 0 Å². The molecule has 3 fully saturated rings. The van der Waals surface area contributed by atoms with E-state index in [1.54, 1.807) is 0 Å². The first-order valence-corrected chi connectivity index (χ1v) is 9.33. The molecule has 2 unspecified atom stereocenters. The van der Waals surface area contributed by atoms with E-state index in [1.807, 2.05) is 0 Å². The van der Waals surface area contributed by atoms with Crippen LogP contribution in [0.4, 0.5) is 0 Å². The summed E-state index contributed by atoms with van der Waals surface area (Å²) >= 11 is 0. The van der Waals surface area contributed by atoms with Gasteiger partial charge < -0.3 is 10.1 Å². The van der Waals surface area contributed by atoms with Gasteiger partial charge in [-0.3, -0.25) is 4.90 Å². The molecule has 122 valence electrons. The molecule has 21 heavy (non-hydrogen) atoms. The maximum atomic E-state index is 6.06. The van der Waals surface area contributed by atoms with Crippen LogP contribution < -0.4 is 5.32 Å². The molecule has 0 radical (unpaired) electrons. The summed E-state index contributed by atoms with van der Waals surface area (Å²) in [6.45, 7) is 4.61. The summed E-state index contributed by atoms with van der Waals surface area (Å²) in [6.07, 6.45) is 14.6. The second kappa shape index (κ2) is 7.43. The molecule has 3 nitrogen and oxygen atoms in total. The largest absolute Gasteiger partial charge is 0.375 e. The molecule has 0 spiro atoms. The summed E-state index contributed by atoms with van der Waals surface area (Å²) in [5.41, 5.74) is 0.518. The third kappa shape index (κ3) is 3.80. The number of fused-ring (bicyclic) bond motifs is 1. The topological polar surface area (TPSA) is 24.5 Å². The highest BCUT2D eigenvalue weighted by Crippen LogP contribution is 2.38. The summed E-state index contributed by atoms with van der Waals surface area (Å²) in [5, 5.41) is 3.51. The van der Waals surface area contributed by atoms with Crippen molar-refractivity contribution in [2.45, 2.75) is 76.4 Å². The van der Waals surface area contributed by atoms with Crippen LogP contribution in [-0.4, -0.2) is 50.3 Å². The molecular weight excluding hydrogens is 260 g/mol. The van der Waals surface area contributed by atoms with Crippen molar-refractivity contribution in [3.05, 3.63) is 0 Å². The lowest BCUT2D eigenvalue weighted by Gasteiger charge is -2.48. The van der Waals surface area contributed by atoms with Gasteiger partial charge >= 0.3 is 0 Å². The quantitative estimate of drug-likeness (QED) is 0.806. The number of nitrogens with one attached hydrogen (secondary N) is 1. The summed E-state index contributed by atoms with van der Waals surface area (Å²) in [5.74, 6) is 0. The Bertz CT molecular complexity index is 310. The minimum Gasteiger partial charge on any atom is -0.375 e. The first-order chi connectivity index (χ1) is 10.3. The van der Waals surface area contributed by atoms with Gasteiger partial charge in [-0.25, -0.2) is 0 Å². The van der Waals surface area contributed by atoms with E-state index in [2.05, 4.69) is 17.3 Å². The zero-order valence-corrected chi connectivity index (χ0v) is 13.9. The highest BCUT2D eigenvalue weighted by Gasteiger charge is 2.39. The van der Waals surface area contributed by atoms with Crippen LogP contribution in [0.5, 0.6) is 0 Å². The van der Waals surface area contributed by atoms with Crippen molar-refractivity contribution in [3.8, 4) is 0 Å². The monoisotopic (exact) mass is 294 g/mol. The second-order valence-electron chi connectivity index (χ2n) is 7.68. The standard InChI is InChI=1S/C18H34N2O/c1-19-14-18(10-6-2-3-7-11-18)15-20-12-13-21-17-9-5-4-8-16(17)20/h16-17,19H,2-15H2,1H3. The molecule has 0 aromatic carbocycles. The number of nitrogens with zero attached hydrogens (tertiary/aromatic N) is 1. The van der Waals surface area contributed by atoms with Crippen LogP contribution in [0.2, 0.25) is 0 Å². The van der Waals surface area contributed by atoms with E-state index in [0.29, 0.717) is 17.6 Å². The summed E-state index contributed by atoms with van der Waals surface area (Å²) < 4.78 is 6.06. The average Bonchev–Trinajstić information content (AvgIpc) is 2.74. The van der Waals surface area contributed by atoms with E-state index in [9.17, 15) is 0 Å². The zero-order valence-electron chi connectivity index (χ0n) is 13.9. The molecule has 3 heteroatoms. The Morgan fingerprint density at radius 2 is 1.81 bits per heavy atom. The molecule has 1 saturated heterocycles. The van der Waals surface area contributed by atoms with Crippen LogP contribution in [0.3, 0.4) is 0 Å². The van der Waals surface area contributed by atoms with Gasteiger partial charge in [0.25, 0.3) is 0 Å². The first-order valence-electron chi connectivity index (χ1n) is 9.33. The predicted molar refractivity (Wildman–Crippen MR) is 87.6 cm³/mol. The Balaban J connectivity index is 1.68. The Labute approximate surface area is 130 Å². The van der Waals surface area contributed by atoms with E-state index in [0.717, 1.165) is 13.2 Å². The molecule has 3 aliphatic rings. The normalized spacial score (nSPS) is 34.1. The van der Waals surface area contributed by atoms with Gasteiger partial charge in [0.1, 0.15) is 0 Å². The number of hydrogen-bond acceptors (Lipinski definition) is 3. The highest BCUT2D eigenvalue weighted by atomic mass is 16.5. The van der Waals surface area contributed by atoms with Crippen molar-refractivity contribution in [2.75, 3.05) is 33.3 Å². The van der Waals surface area contributed by atoms with Crippen LogP contribution in [0, 0.1) is 5.41 Å². The minimum atomic E-state index is 0.518. The average molecular weight is 294 g/mol. The smallest absolute Gasteiger partial charge is 0.0730 e. The lowest BCUT2D eigenvalue weighted by Crippen LogP contribution is -2.56. The molecule has 1 aliphatic heterocycles. The molecule has 3 rings (SSSR count). The van der Waals surface area contributed by atoms with E-state index in [-0.39, 0.29) is 0 Å². The Morgan fingerprint density at radius 3 is 2.57 bits per heavy atom. The number of morpholine rings is 1. The van der Waals surface area contributed by atoms with Crippen LogP contribution in [-0.2, 0) is 4.74 Å². The van der Waals surface area contributed by atoms with Gasteiger partial charge in [-0.1, -0.05) is 38.5 Å². The Kier molecular flexibility index (Phi) is 5.58.